The zero-order valence-corrected chi connectivity index (χ0v) is 17.8. The standard InChI is InChI=1S/C21H19BrClNO3/c1-21(2,3)27-20(25)13-7-5-6-12(10-13)17-11-16(23)14-8-9-15(22)19(26-4)18(14)24-17/h5-11H,1-4H3. The molecule has 0 bridgehead atoms. The Morgan fingerprint density at radius 2 is 1.89 bits per heavy atom. The lowest BCUT2D eigenvalue weighted by atomic mass is 10.1. The molecule has 4 nitrogen and oxygen atoms in total. The molecule has 0 fully saturated rings. The predicted octanol–water partition coefficient (Wildman–Crippen LogP) is 6.28. The zero-order valence-electron chi connectivity index (χ0n) is 15.5. The van der Waals surface area contributed by atoms with E-state index in [1.807, 2.05) is 39.0 Å². The fraction of sp³-hybridized carbons (Fsp3) is 0.238. The van der Waals surface area contributed by atoms with Crippen LogP contribution >= 0.6 is 27.5 Å². The molecule has 0 saturated carbocycles. The first kappa shape index (κ1) is 19.6. The number of rotatable bonds is 3. The van der Waals surface area contributed by atoms with Crippen LogP contribution in [-0.4, -0.2) is 23.7 Å². The van der Waals surface area contributed by atoms with Gasteiger partial charge in [0, 0.05) is 10.9 Å². The van der Waals surface area contributed by atoms with Crippen LogP contribution in [-0.2, 0) is 4.74 Å². The van der Waals surface area contributed by atoms with Crippen molar-refractivity contribution >= 4 is 44.4 Å². The number of hydrogen-bond donors (Lipinski definition) is 0. The topological polar surface area (TPSA) is 48.4 Å². The number of halogens is 2. The Labute approximate surface area is 171 Å². The molecule has 0 saturated heterocycles. The molecule has 27 heavy (non-hydrogen) atoms. The maximum atomic E-state index is 12.4. The number of ether oxygens (including phenoxy) is 2. The Kier molecular flexibility index (Phi) is 5.45. The van der Waals surface area contributed by atoms with E-state index in [1.54, 1.807) is 31.4 Å². The van der Waals surface area contributed by atoms with Crippen LogP contribution in [0.15, 0.2) is 46.9 Å². The second kappa shape index (κ2) is 7.49. The number of esters is 1. The average molecular weight is 449 g/mol. The summed E-state index contributed by atoms with van der Waals surface area (Å²) in [6.07, 6.45) is 0. The summed E-state index contributed by atoms with van der Waals surface area (Å²) in [5.74, 6) is 0.233. The van der Waals surface area contributed by atoms with E-state index in [9.17, 15) is 4.79 Å². The number of pyridine rings is 1. The van der Waals surface area contributed by atoms with Crippen molar-refractivity contribution in [2.75, 3.05) is 7.11 Å². The Hall–Kier alpha value is -2.11. The van der Waals surface area contributed by atoms with E-state index < -0.39 is 5.60 Å². The lowest BCUT2D eigenvalue weighted by molar-refractivity contribution is 0.00696. The van der Waals surface area contributed by atoms with Crippen LogP contribution in [0, 0.1) is 0 Å². The quantitative estimate of drug-likeness (QED) is 0.442. The Bertz CT molecular complexity index is 1030. The van der Waals surface area contributed by atoms with Crippen LogP contribution in [0.1, 0.15) is 31.1 Å². The summed E-state index contributed by atoms with van der Waals surface area (Å²) in [6.45, 7) is 5.51. The van der Waals surface area contributed by atoms with Gasteiger partial charge in [-0.15, -0.1) is 0 Å². The molecule has 6 heteroatoms. The van der Waals surface area contributed by atoms with Crippen LogP contribution in [0.25, 0.3) is 22.2 Å². The van der Waals surface area contributed by atoms with E-state index in [0.717, 1.165) is 15.4 Å². The monoisotopic (exact) mass is 447 g/mol. The molecule has 0 spiro atoms. The summed E-state index contributed by atoms with van der Waals surface area (Å²) in [5, 5.41) is 1.35. The minimum absolute atomic E-state index is 0.378. The SMILES string of the molecule is COc1c(Br)ccc2c(Cl)cc(-c3cccc(C(=O)OC(C)(C)C)c3)nc12. The third kappa shape index (κ3) is 4.25. The molecule has 0 N–H and O–H groups in total. The third-order valence-electron chi connectivity index (χ3n) is 3.83. The third-order valence-corrected chi connectivity index (χ3v) is 4.77. The predicted molar refractivity (Wildman–Crippen MR) is 112 cm³/mol. The molecule has 0 radical (unpaired) electrons. The maximum Gasteiger partial charge on any atom is 0.338 e. The Morgan fingerprint density at radius 1 is 1.15 bits per heavy atom. The Balaban J connectivity index is 2.10. The average Bonchev–Trinajstić information content (AvgIpc) is 2.60. The smallest absolute Gasteiger partial charge is 0.338 e. The van der Waals surface area contributed by atoms with Gasteiger partial charge in [0.05, 0.1) is 27.9 Å². The molecular formula is C21H19BrClNO3. The van der Waals surface area contributed by atoms with Crippen molar-refractivity contribution in [2.24, 2.45) is 0 Å². The number of carbonyl (C=O) groups is 1. The molecule has 0 aliphatic carbocycles. The van der Waals surface area contributed by atoms with E-state index in [4.69, 9.17) is 26.1 Å². The Morgan fingerprint density at radius 3 is 2.56 bits per heavy atom. The van der Waals surface area contributed by atoms with Crippen molar-refractivity contribution in [3.63, 3.8) is 0 Å². The first-order valence-corrected chi connectivity index (χ1v) is 9.53. The van der Waals surface area contributed by atoms with Crippen LogP contribution in [0.4, 0.5) is 0 Å². The van der Waals surface area contributed by atoms with Gasteiger partial charge in [0.15, 0.2) is 5.75 Å². The van der Waals surface area contributed by atoms with Crippen molar-refractivity contribution in [1.82, 2.24) is 4.98 Å². The van der Waals surface area contributed by atoms with Gasteiger partial charge in [0.1, 0.15) is 11.1 Å². The summed E-state index contributed by atoms with van der Waals surface area (Å²) in [5.41, 5.74) is 1.97. The molecular weight excluding hydrogens is 430 g/mol. The van der Waals surface area contributed by atoms with Gasteiger partial charge in [-0.1, -0.05) is 23.7 Å². The highest BCUT2D eigenvalue weighted by Gasteiger charge is 2.19. The summed E-state index contributed by atoms with van der Waals surface area (Å²) < 4.78 is 11.7. The van der Waals surface area contributed by atoms with E-state index >= 15 is 0 Å². The van der Waals surface area contributed by atoms with Gasteiger partial charge < -0.3 is 9.47 Å². The molecule has 3 rings (SSSR count). The first-order chi connectivity index (χ1) is 12.7. The molecule has 3 aromatic rings. The second-order valence-corrected chi connectivity index (χ2v) is 8.31. The lowest BCUT2D eigenvalue weighted by Crippen LogP contribution is -2.23. The van der Waals surface area contributed by atoms with Gasteiger partial charge in [0.2, 0.25) is 0 Å². The van der Waals surface area contributed by atoms with Gasteiger partial charge >= 0.3 is 5.97 Å². The molecule has 140 valence electrons. The molecule has 1 aromatic heterocycles. The minimum Gasteiger partial charge on any atom is -0.493 e. The molecule has 2 aromatic carbocycles. The zero-order chi connectivity index (χ0) is 19.8. The fourth-order valence-corrected chi connectivity index (χ4v) is 3.42. The van der Waals surface area contributed by atoms with Crippen LogP contribution < -0.4 is 4.74 Å². The van der Waals surface area contributed by atoms with Crippen LogP contribution in [0.3, 0.4) is 0 Å². The normalized spacial score (nSPS) is 11.5. The maximum absolute atomic E-state index is 12.4. The summed E-state index contributed by atoms with van der Waals surface area (Å²) in [4.78, 5) is 17.1. The highest BCUT2D eigenvalue weighted by atomic mass is 79.9. The number of nitrogens with zero attached hydrogens (tertiary/aromatic N) is 1. The number of fused-ring (bicyclic) bond motifs is 1. The number of aromatic nitrogens is 1. The minimum atomic E-state index is -0.558. The highest BCUT2D eigenvalue weighted by Crippen LogP contribution is 2.37. The van der Waals surface area contributed by atoms with Gasteiger partial charge in [0.25, 0.3) is 0 Å². The second-order valence-electron chi connectivity index (χ2n) is 7.05. The fourth-order valence-electron chi connectivity index (χ4n) is 2.69. The summed E-state index contributed by atoms with van der Waals surface area (Å²) in [6, 6.07) is 12.7. The number of benzene rings is 2. The summed E-state index contributed by atoms with van der Waals surface area (Å²) in [7, 11) is 1.59. The van der Waals surface area contributed by atoms with E-state index in [2.05, 4.69) is 15.9 Å². The van der Waals surface area contributed by atoms with Crippen molar-refractivity contribution in [3.05, 3.63) is 57.5 Å². The molecule has 0 aliphatic heterocycles. The number of methoxy groups -OCH3 is 1. The van der Waals surface area contributed by atoms with E-state index in [0.29, 0.717) is 27.5 Å². The highest BCUT2D eigenvalue weighted by molar-refractivity contribution is 9.10. The van der Waals surface area contributed by atoms with E-state index in [-0.39, 0.29) is 5.97 Å². The van der Waals surface area contributed by atoms with Crippen LogP contribution in [0.2, 0.25) is 5.02 Å². The van der Waals surface area contributed by atoms with Crippen molar-refractivity contribution in [2.45, 2.75) is 26.4 Å². The van der Waals surface area contributed by atoms with Crippen molar-refractivity contribution in [1.29, 1.82) is 0 Å². The van der Waals surface area contributed by atoms with Gasteiger partial charge in [-0.05, 0) is 67.0 Å². The number of hydrogen-bond acceptors (Lipinski definition) is 4. The van der Waals surface area contributed by atoms with Crippen molar-refractivity contribution < 1.29 is 14.3 Å². The van der Waals surface area contributed by atoms with Crippen LogP contribution in [0.5, 0.6) is 5.75 Å². The molecule has 0 aliphatic rings. The molecule has 0 unspecified atom stereocenters. The molecule has 0 atom stereocenters. The molecule has 0 amide bonds. The van der Waals surface area contributed by atoms with Gasteiger partial charge in [-0.25, -0.2) is 9.78 Å². The van der Waals surface area contributed by atoms with Gasteiger partial charge in [-0.2, -0.15) is 0 Å². The summed E-state index contributed by atoms with van der Waals surface area (Å²) >= 11 is 9.95. The number of carbonyl (C=O) groups excluding carboxylic acids is 1. The first-order valence-electron chi connectivity index (χ1n) is 8.36. The van der Waals surface area contributed by atoms with E-state index in [1.165, 1.54) is 0 Å². The largest absolute Gasteiger partial charge is 0.493 e. The molecule has 1 heterocycles. The lowest BCUT2D eigenvalue weighted by Gasteiger charge is -2.19. The van der Waals surface area contributed by atoms with Crippen molar-refractivity contribution in [3.8, 4) is 17.0 Å². The van der Waals surface area contributed by atoms with Gasteiger partial charge in [-0.3, -0.25) is 0 Å².